The van der Waals surface area contributed by atoms with Gasteiger partial charge in [-0.05, 0) is 46.9 Å². The van der Waals surface area contributed by atoms with Crippen LogP contribution in [0.5, 0.6) is 0 Å². The largest absolute Gasteiger partial charge is 0.236 e. The summed E-state index contributed by atoms with van der Waals surface area (Å²) in [5, 5.41) is 1.70. The van der Waals surface area contributed by atoms with Gasteiger partial charge in [-0.3, -0.25) is 0 Å². The van der Waals surface area contributed by atoms with Crippen molar-refractivity contribution < 1.29 is 0 Å². The molecule has 0 aliphatic rings. The molecule has 2 aromatic rings. The molecule has 1 nitrogen and oxygen atoms in total. The average molecular weight is 290 g/mol. The molecular formula is C9H5ClIN. The molecule has 0 fully saturated rings. The zero-order valence-electron chi connectivity index (χ0n) is 6.09. The summed E-state index contributed by atoms with van der Waals surface area (Å²) in [6, 6.07) is 9.80. The van der Waals surface area contributed by atoms with E-state index in [0.29, 0.717) is 5.15 Å². The van der Waals surface area contributed by atoms with Gasteiger partial charge >= 0.3 is 0 Å². The zero-order chi connectivity index (χ0) is 8.55. The van der Waals surface area contributed by atoms with E-state index in [2.05, 4.69) is 33.6 Å². The van der Waals surface area contributed by atoms with Crippen LogP contribution in [0.4, 0.5) is 0 Å². The van der Waals surface area contributed by atoms with Gasteiger partial charge in [-0.15, -0.1) is 0 Å². The number of benzene rings is 1. The fourth-order valence-electron chi connectivity index (χ4n) is 1.09. The van der Waals surface area contributed by atoms with Gasteiger partial charge in [0.1, 0.15) is 5.15 Å². The number of pyridine rings is 1. The Morgan fingerprint density at radius 3 is 2.83 bits per heavy atom. The fraction of sp³-hybridized carbons (Fsp3) is 0. The molecule has 60 valence electrons. The van der Waals surface area contributed by atoms with Crippen molar-refractivity contribution in [3.05, 3.63) is 39.1 Å². The molecule has 0 saturated carbocycles. The molecular weight excluding hydrogens is 284 g/mol. The summed E-state index contributed by atoms with van der Waals surface area (Å²) in [7, 11) is 0. The lowest BCUT2D eigenvalue weighted by atomic mass is 10.2. The highest BCUT2D eigenvalue weighted by Crippen LogP contribution is 2.20. The highest BCUT2D eigenvalue weighted by Gasteiger charge is 1.98. The number of hydrogen-bond acceptors (Lipinski definition) is 1. The summed E-state index contributed by atoms with van der Waals surface area (Å²) in [5.41, 5.74) is 0.953. The first-order valence-electron chi connectivity index (χ1n) is 3.48. The summed E-state index contributed by atoms with van der Waals surface area (Å²) in [4.78, 5) is 4.20. The van der Waals surface area contributed by atoms with Crippen LogP contribution in [0, 0.1) is 3.57 Å². The van der Waals surface area contributed by atoms with Gasteiger partial charge in [-0.2, -0.15) is 0 Å². The minimum atomic E-state index is 0.546. The van der Waals surface area contributed by atoms with E-state index in [1.54, 1.807) is 0 Å². The summed E-state index contributed by atoms with van der Waals surface area (Å²) in [6.07, 6.45) is 0. The molecule has 1 heterocycles. The van der Waals surface area contributed by atoms with E-state index < -0.39 is 0 Å². The molecule has 0 radical (unpaired) electrons. The van der Waals surface area contributed by atoms with Crippen molar-refractivity contribution >= 4 is 45.1 Å². The minimum absolute atomic E-state index is 0.546. The predicted molar refractivity (Wildman–Crippen MR) is 59.5 cm³/mol. The third-order valence-corrected chi connectivity index (χ3v) is 2.80. The standard InChI is InChI=1S/C9H5ClIN/c10-9-5-4-6-7(11)2-1-3-8(6)12-9/h1-5H. The normalized spacial score (nSPS) is 10.5. The van der Waals surface area contributed by atoms with Gasteiger partial charge in [0.05, 0.1) is 5.52 Å². The molecule has 0 aliphatic carbocycles. The van der Waals surface area contributed by atoms with Gasteiger partial charge in [-0.1, -0.05) is 17.7 Å². The fourth-order valence-corrected chi connectivity index (χ4v) is 1.91. The molecule has 0 unspecified atom stereocenters. The number of hydrogen-bond donors (Lipinski definition) is 0. The molecule has 3 heteroatoms. The molecule has 0 amide bonds. The number of halogens is 2. The van der Waals surface area contributed by atoms with E-state index in [-0.39, 0.29) is 0 Å². The van der Waals surface area contributed by atoms with Crippen molar-refractivity contribution in [1.82, 2.24) is 4.98 Å². The third kappa shape index (κ3) is 1.41. The Hall–Kier alpha value is -0.350. The lowest BCUT2D eigenvalue weighted by Gasteiger charge is -1.98. The summed E-state index contributed by atoms with van der Waals surface area (Å²) in [5.74, 6) is 0. The Morgan fingerprint density at radius 1 is 1.17 bits per heavy atom. The molecule has 2 rings (SSSR count). The van der Waals surface area contributed by atoms with Crippen LogP contribution in [0.1, 0.15) is 0 Å². The van der Waals surface area contributed by atoms with E-state index in [9.17, 15) is 0 Å². The molecule has 0 N–H and O–H groups in total. The Balaban J connectivity index is 2.86. The van der Waals surface area contributed by atoms with Crippen LogP contribution in [0.15, 0.2) is 30.3 Å². The second-order valence-corrected chi connectivity index (χ2v) is 3.99. The molecule has 0 bridgehead atoms. The second kappa shape index (κ2) is 3.18. The topological polar surface area (TPSA) is 12.9 Å². The number of aromatic nitrogens is 1. The van der Waals surface area contributed by atoms with Crippen molar-refractivity contribution in [2.75, 3.05) is 0 Å². The molecule has 1 aromatic carbocycles. The van der Waals surface area contributed by atoms with Crippen LogP contribution in [-0.4, -0.2) is 4.98 Å². The van der Waals surface area contributed by atoms with Crippen LogP contribution in [0.25, 0.3) is 10.9 Å². The maximum atomic E-state index is 5.76. The number of rotatable bonds is 0. The van der Waals surface area contributed by atoms with Crippen LogP contribution >= 0.6 is 34.2 Å². The lowest BCUT2D eigenvalue weighted by molar-refractivity contribution is 1.41. The maximum Gasteiger partial charge on any atom is 0.129 e. The first-order chi connectivity index (χ1) is 5.77. The average Bonchev–Trinajstić information content (AvgIpc) is 2.04. The predicted octanol–water partition coefficient (Wildman–Crippen LogP) is 3.49. The molecule has 12 heavy (non-hydrogen) atoms. The van der Waals surface area contributed by atoms with E-state index in [1.807, 2.05) is 24.3 Å². The number of nitrogens with zero attached hydrogens (tertiary/aromatic N) is 1. The highest BCUT2D eigenvalue weighted by molar-refractivity contribution is 14.1. The van der Waals surface area contributed by atoms with E-state index in [0.717, 1.165) is 10.9 Å². The maximum absolute atomic E-state index is 5.76. The summed E-state index contributed by atoms with van der Waals surface area (Å²) in [6.45, 7) is 0. The lowest BCUT2D eigenvalue weighted by Crippen LogP contribution is -1.81. The van der Waals surface area contributed by atoms with Gasteiger partial charge in [0, 0.05) is 8.96 Å². The van der Waals surface area contributed by atoms with Crippen molar-refractivity contribution in [2.45, 2.75) is 0 Å². The van der Waals surface area contributed by atoms with Crippen LogP contribution in [0.3, 0.4) is 0 Å². The molecule has 0 atom stereocenters. The molecule has 0 aliphatic heterocycles. The van der Waals surface area contributed by atoms with Gasteiger partial charge in [0.2, 0.25) is 0 Å². The second-order valence-electron chi connectivity index (χ2n) is 2.44. The monoisotopic (exact) mass is 289 g/mol. The molecule has 1 aromatic heterocycles. The summed E-state index contributed by atoms with van der Waals surface area (Å²) >= 11 is 8.04. The quantitative estimate of drug-likeness (QED) is 0.534. The van der Waals surface area contributed by atoms with Gasteiger partial charge in [0.25, 0.3) is 0 Å². The first-order valence-corrected chi connectivity index (χ1v) is 4.94. The van der Waals surface area contributed by atoms with Crippen molar-refractivity contribution in [2.24, 2.45) is 0 Å². The van der Waals surface area contributed by atoms with E-state index in [1.165, 1.54) is 3.57 Å². The Morgan fingerprint density at radius 2 is 2.00 bits per heavy atom. The van der Waals surface area contributed by atoms with Crippen molar-refractivity contribution in [1.29, 1.82) is 0 Å². The van der Waals surface area contributed by atoms with Crippen LogP contribution in [-0.2, 0) is 0 Å². The molecule has 0 spiro atoms. The Kier molecular flexibility index (Phi) is 2.19. The van der Waals surface area contributed by atoms with Gasteiger partial charge < -0.3 is 0 Å². The third-order valence-electron chi connectivity index (χ3n) is 1.64. The Bertz CT molecular complexity index is 428. The van der Waals surface area contributed by atoms with Crippen molar-refractivity contribution in [3.63, 3.8) is 0 Å². The minimum Gasteiger partial charge on any atom is -0.236 e. The van der Waals surface area contributed by atoms with Gasteiger partial charge in [0.15, 0.2) is 0 Å². The SMILES string of the molecule is Clc1ccc2c(I)cccc2n1. The number of fused-ring (bicyclic) bond motifs is 1. The first kappa shape index (κ1) is 8.26. The van der Waals surface area contributed by atoms with Crippen molar-refractivity contribution in [3.8, 4) is 0 Å². The smallest absolute Gasteiger partial charge is 0.129 e. The highest BCUT2D eigenvalue weighted by atomic mass is 127. The van der Waals surface area contributed by atoms with E-state index in [4.69, 9.17) is 11.6 Å². The Labute approximate surface area is 88.9 Å². The summed E-state index contributed by atoms with van der Waals surface area (Å²) < 4.78 is 1.20. The molecule has 0 saturated heterocycles. The van der Waals surface area contributed by atoms with Crippen LogP contribution < -0.4 is 0 Å². The van der Waals surface area contributed by atoms with Gasteiger partial charge in [-0.25, -0.2) is 4.98 Å². The van der Waals surface area contributed by atoms with Crippen LogP contribution in [0.2, 0.25) is 5.15 Å². The van der Waals surface area contributed by atoms with E-state index >= 15 is 0 Å². The zero-order valence-corrected chi connectivity index (χ0v) is 9.00.